The molecule has 234 valence electrons. The summed E-state index contributed by atoms with van der Waals surface area (Å²) in [5.41, 5.74) is 16.7. The van der Waals surface area contributed by atoms with Crippen molar-refractivity contribution in [3.05, 3.63) is 170 Å². The van der Waals surface area contributed by atoms with E-state index in [4.69, 9.17) is 8.83 Å². The van der Waals surface area contributed by atoms with Gasteiger partial charge in [0.2, 0.25) is 0 Å². The monoisotopic (exact) mass is 640 g/mol. The molecule has 10 aromatic rings. The summed E-state index contributed by atoms with van der Waals surface area (Å²) >= 11 is 0. The minimum atomic E-state index is 0.806. The Morgan fingerprint density at radius 2 is 0.600 bits per heavy atom. The van der Waals surface area contributed by atoms with Crippen LogP contribution in [-0.2, 0) is 0 Å². The largest absolute Gasteiger partial charge is 0.454 e. The molecule has 0 aliphatic carbocycles. The Balaban J connectivity index is 0.968. The predicted octanol–water partition coefficient (Wildman–Crippen LogP) is 12.6. The van der Waals surface area contributed by atoms with Crippen LogP contribution in [0.25, 0.3) is 99.8 Å². The summed E-state index contributed by atoms with van der Waals surface area (Å²) < 4.78 is 12.0. The fourth-order valence-electron chi connectivity index (χ4n) is 7.07. The Hall–Kier alpha value is -6.78. The van der Waals surface area contributed by atoms with Crippen LogP contribution in [0, 0.1) is 0 Å². The summed E-state index contributed by atoms with van der Waals surface area (Å²) in [6, 6.07) is 55.5. The minimum Gasteiger partial charge on any atom is -0.454 e. The Morgan fingerprint density at radius 3 is 0.940 bits per heavy atom. The van der Waals surface area contributed by atoms with Gasteiger partial charge in [0.05, 0.1) is 0 Å². The van der Waals surface area contributed by atoms with Gasteiger partial charge in [0.15, 0.2) is 11.2 Å². The quantitative estimate of drug-likeness (QED) is 0.188. The van der Waals surface area contributed by atoms with Crippen molar-refractivity contribution in [1.29, 1.82) is 0 Å². The van der Waals surface area contributed by atoms with Gasteiger partial charge in [-0.3, -0.25) is 9.97 Å². The Labute approximate surface area is 287 Å². The van der Waals surface area contributed by atoms with Crippen molar-refractivity contribution in [2.24, 2.45) is 0 Å². The van der Waals surface area contributed by atoms with E-state index < -0.39 is 0 Å². The molecule has 0 saturated heterocycles. The second-order valence-electron chi connectivity index (χ2n) is 12.6. The van der Waals surface area contributed by atoms with Gasteiger partial charge in [-0.15, -0.1) is 0 Å². The van der Waals surface area contributed by atoms with Crippen molar-refractivity contribution in [1.82, 2.24) is 9.97 Å². The first-order chi connectivity index (χ1) is 24.7. The van der Waals surface area contributed by atoms with Crippen molar-refractivity contribution in [3.63, 3.8) is 0 Å². The third-order valence-corrected chi connectivity index (χ3v) is 9.57. The number of rotatable bonds is 5. The standard InChI is InChI=1S/C46H28N2O2/c1-7-29(23-31(9-1)33-11-3-13-35(25-33)37-17-19-41-39(27-37)45-43(49-41)15-5-21-47-45)30-8-2-10-32(24-30)34-12-4-14-36(26-34)38-18-20-42-40(28-38)46-44(50-42)16-6-22-48-46/h1-28H. The first kappa shape index (κ1) is 28.3. The van der Waals surface area contributed by atoms with E-state index in [-0.39, 0.29) is 0 Å². The zero-order chi connectivity index (χ0) is 33.0. The average Bonchev–Trinajstić information content (AvgIpc) is 3.76. The van der Waals surface area contributed by atoms with E-state index in [2.05, 4.69) is 131 Å². The SMILES string of the molecule is c1cc(-c2cccc(-c3cccc(-c4ccc5oc6cccnc6c5c4)c3)c2)cc(-c2cccc(-c3ccc4oc5cccnc5c4c3)c2)c1. The molecular formula is C46H28N2O2. The molecule has 4 aromatic heterocycles. The van der Waals surface area contributed by atoms with E-state index >= 15 is 0 Å². The zero-order valence-electron chi connectivity index (χ0n) is 26.9. The fourth-order valence-corrected chi connectivity index (χ4v) is 7.07. The molecule has 0 fully saturated rings. The van der Waals surface area contributed by atoms with Gasteiger partial charge in [-0.1, -0.05) is 84.9 Å². The topological polar surface area (TPSA) is 52.1 Å². The van der Waals surface area contributed by atoms with E-state index in [0.717, 1.165) is 66.4 Å². The first-order valence-corrected chi connectivity index (χ1v) is 16.7. The van der Waals surface area contributed by atoms with Gasteiger partial charge in [0.25, 0.3) is 0 Å². The number of hydrogen-bond acceptors (Lipinski definition) is 4. The van der Waals surface area contributed by atoms with Crippen LogP contribution in [-0.4, -0.2) is 9.97 Å². The average molecular weight is 641 g/mol. The van der Waals surface area contributed by atoms with Crippen LogP contribution < -0.4 is 0 Å². The maximum Gasteiger partial charge on any atom is 0.153 e. The molecule has 4 nitrogen and oxygen atoms in total. The first-order valence-electron chi connectivity index (χ1n) is 16.7. The molecule has 0 saturated carbocycles. The molecule has 50 heavy (non-hydrogen) atoms. The summed E-state index contributed by atoms with van der Waals surface area (Å²) in [4.78, 5) is 9.14. The molecule has 0 aliphatic rings. The molecule has 0 radical (unpaired) electrons. The molecule has 4 heterocycles. The third kappa shape index (κ3) is 4.85. The molecule has 0 unspecified atom stereocenters. The van der Waals surface area contributed by atoms with Gasteiger partial charge in [-0.2, -0.15) is 0 Å². The maximum absolute atomic E-state index is 6.01. The number of aromatic nitrogens is 2. The summed E-state index contributed by atoms with van der Waals surface area (Å²) in [5, 5.41) is 2.06. The van der Waals surface area contributed by atoms with E-state index in [1.165, 1.54) is 33.4 Å². The molecular weight excluding hydrogens is 613 g/mol. The van der Waals surface area contributed by atoms with Crippen LogP contribution in [0.5, 0.6) is 0 Å². The van der Waals surface area contributed by atoms with Crippen LogP contribution >= 0.6 is 0 Å². The number of benzene rings is 6. The summed E-state index contributed by atoms with van der Waals surface area (Å²) in [5.74, 6) is 0. The molecule has 0 spiro atoms. The summed E-state index contributed by atoms with van der Waals surface area (Å²) in [6.45, 7) is 0. The molecule has 4 heteroatoms. The van der Waals surface area contributed by atoms with Gasteiger partial charge in [-0.05, 0) is 128 Å². The van der Waals surface area contributed by atoms with E-state index in [9.17, 15) is 0 Å². The van der Waals surface area contributed by atoms with Crippen LogP contribution in [0.3, 0.4) is 0 Å². The highest BCUT2D eigenvalue weighted by atomic mass is 16.3. The van der Waals surface area contributed by atoms with Gasteiger partial charge in [0.1, 0.15) is 22.2 Å². The summed E-state index contributed by atoms with van der Waals surface area (Å²) in [7, 11) is 0. The summed E-state index contributed by atoms with van der Waals surface area (Å²) in [6.07, 6.45) is 3.63. The zero-order valence-corrected chi connectivity index (χ0v) is 26.9. The molecule has 0 bridgehead atoms. The van der Waals surface area contributed by atoms with Gasteiger partial charge < -0.3 is 8.83 Å². The lowest BCUT2D eigenvalue weighted by molar-refractivity contribution is 0.668. The number of fused-ring (bicyclic) bond motifs is 6. The van der Waals surface area contributed by atoms with E-state index in [1.54, 1.807) is 0 Å². The van der Waals surface area contributed by atoms with Crippen molar-refractivity contribution < 1.29 is 8.83 Å². The third-order valence-electron chi connectivity index (χ3n) is 9.57. The number of nitrogens with zero attached hydrogens (tertiary/aromatic N) is 2. The molecule has 10 rings (SSSR count). The second kappa shape index (κ2) is 11.4. The van der Waals surface area contributed by atoms with Crippen LogP contribution in [0.15, 0.2) is 179 Å². The highest BCUT2D eigenvalue weighted by Crippen LogP contribution is 2.36. The number of pyridine rings is 2. The van der Waals surface area contributed by atoms with Crippen molar-refractivity contribution in [3.8, 4) is 55.6 Å². The molecule has 6 aromatic carbocycles. The highest BCUT2D eigenvalue weighted by Gasteiger charge is 2.12. The normalized spacial score (nSPS) is 11.6. The minimum absolute atomic E-state index is 0.806. The molecule has 0 aliphatic heterocycles. The van der Waals surface area contributed by atoms with Crippen molar-refractivity contribution in [2.75, 3.05) is 0 Å². The molecule has 0 N–H and O–H groups in total. The van der Waals surface area contributed by atoms with Crippen molar-refractivity contribution in [2.45, 2.75) is 0 Å². The lowest BCUT2D eigenvalue weighted by Crippen LogP contribution is -1.85. The van der Waals surface area contributed by atoms with E-state index in [0.29, 0.717) is 0 Å². The second-order valence-corrected chi connectivity index (χ2v) is 12.6. The van der Waals surface area contributed by atoms with Crippen LogP contribution in [0.1, 0.15) is 0 Å². The van der Waals surface area contributed by atoms with Gasteiger partial charge in [-0.25, -0.2) is 0 Å². The molecule has 0 atom stereocenters. The Morgan fingerprint density at radius 1 is 0.280 bits per heavy atom. The van der Waals surface area contributed by atoms with Gasteiger partial charge >= 0.3 is 0 Å². The lowest BCUT2D eigenvalue weighted by atomic mass is 9.94. The number of hydrogen-bond donors (Lipinski definition) is 0. The van der Waals surface area contributed by atoms with E-state index in [1.807, 2.05) is 48.8 Å². The predicted molar refractivity (Wildman–Crippen MR) is 204 cm³/mol. The fraction of sp³-hybridized carbons (Fsp3) is 0. The van der Waals surface area contributed by atoms with Crippen LogP contribution in [0.2, 0.25) is 0 Å². The van der Waals surface area contributed by atoms with Crippen molar-refractivity contribution >= 4 is 44.1 Å². The lowest BCUT2D eigenvalue weighted by Gasteiger charge is -2.11. The van der Waals surface area contributed by atoms with Crippen LogP contribution in [0.4, 0.5) is 0 Å². The maximum atomic E-state index is 6.01. The van der Waals surface area contributed by atoms with Gasteiger partial charge in [0, 0.05) is 23.2 Å². The Kier molecular flexibility index (Phi) is 6.46. The Bertz CT molecular complexity index is 2700. The molecule has 0 amide bonds. The number of furan rings is 2. The smallest absolute Gasteiger partial charge is 0.153 e. The highest BCUT2D eigenvalue weighted by molar-refractivity contribution is 6.05.